The Morgan fingerprint density at radius 2 is 1.88 bits per heavy atom. The number of rotatable bonds is 11. The van der Waals surface area contributed by atoms with Gasteiger partial charge in [0, 0.05) is 24.6 Å². The number of ether oxygens (including phenoxy) is 1. The highest BCUT2D eigenvalue weighted by Crippen LogP contribution is 2.30. The molecule has 0 spiro atoms. The van der Waals surface area contributed by atoms with E-state index in [-0.39, 0.29) is 66.7 Å². The summed E-state index contributed by atoms with van der Waals surface area (Å²) in [6, 6.07) is 4.70. The fourth-order valence-electron chi connectivity index (χ4n) is 4.77. The number of nitrogens with zero attached hydrogens (tertiary/aromatic N) is 4. The van der Waals surface area contributed by atoms with Crippen molar-refractivity contribution in [2.24, 2.45) is 18.9 Å². The molecule has 2 aliphatic rings. The molecule has 0 radical (unpaired) electrons. The Bertz CT molecular complexity index is 1330. The number of amides is 4. The summed E-state index contributed by atoms with van der Waals surface area (Å²) >= 11 is 0. The number of nitrogens with one attached hydrogen (secondary N) is 2. The van der Waals surface area contributed by atoms with Gasteiger partial charge in [-0.3, -0.25) is 24.1 Å². The van der Waals surface area contributed by atoms with Crippen LogP contribution in [0.5, 0.6) is 5.75 Å². The van der Waals surface area contributed by atoms with Crippen LogP contribution in [0.25, 0.3) is 0 Å². The number of imidazole rings is 1. The van der Waals surface area contributed by atoms with Crippen molar-refractivity contribution in [2.75, 3.05) is 18.4 Å². The first kappa shape index (κ1) is 28.4. The molecule has 1 fully saturated rings. The first-order valence-corrected chi connectivity index (χ1v) is 12.8. The number of aliphatic hydroxyl groups is 1. The Hall–Kier alpha value is -4.59. The van der Waals surface area contributed by atoms with Crippen molar-refractivity contribution in [1.82, 2.24) is 19.8 Å². The highest BCUT2D eigenvalue weighted by atomic mass is 16.6. The smallest absolute Gasteiger partial charge is 0.434 e. The van der Waals surface area contributed by atoms with Gasteiger partial charge in [-0.2, -0.15) is 0 Å². The van der Waals surface area contributed by atoms with Crippen LogP contribution >= 0.6 is 0 Å². The summed E-state index contributed by atoms with van der Waals surface area (Å²) in [6.07, 6.45) is 6.40. The minimum Gasteiger partial charge on any atom is -0.484 e. The van der Waals surface area contributed by atoms with Crippen molar-refractivity contribution in [1.29, 1.82) is 0 Å². The van der Waals surface area contributed by atoms with E-state index in [1.54, 1.807) is 12.1 Å². The van der Waals surface area contributed by atoms with Crippen molar-refractivity contribution in [3.63, 3.8) is 0 Å². The van der Waals surface area contributed by atoms with Crippen LogP contribution in [0.4, 0.5) is 11.6 Å². The lowest BCUT2D eigenvalue weighted by Gasteiger charge is -2.29. The Morgan fingerprint density at radius 3 is 2.50 bits per heavy atom. The average Bonchev–Trinajstić information content (AvgIpc) is 3.47. The number of carbonyl (C=O) groups is 4. The summed E-state index contributed by atoms with van der Waals surface area (Å²) in [6.45, 7) is -0.268. The fourth-order valence-corrected chi connectivity index (χ4v) is 4.77. The van der Waals surface area contributed by atoms with E-state index in [4.69, 9.17) is 4.74 Å². The van der Waals surface area contributed by atoms with Gasteiger partial charge in [-0.1, -0.05) is 11.1 Å². The van der Waals surface area contributed by atoms with E-state index in [0.717, 1.165) is 0 Å². The Balaban J connectivity index is 1.27. The van der Waals surface area contributed by atoms with Crippen LogP contribution < -0.4 is 15.4 Å². The topological polar surface area (TPSA) is 186 Å². The third-order valence-corrected chi connectivity index (χ3v) is 7.08. The predicted octanol–water partition coefficient (Wildman–Crippen LogP) is 1.19. The summed E-state index contributed by atoms with van der Waals surface area (Å²) in [7, 11) is 1.49. The van der Waals surface area contributed by atoms with E-state index in [0.29, 0.717) is 43.5 Å². The van der Waals surface area contributed by atoms with Gasteiger partial charge in [0.25, 0.3) is 11.8 Å². The summed E-state index contributed by atoms with van der Waals surface area (Å²) in [5.74, 6) is -1.57. The SMILES string of the molecule is Cn1c(COc2ccc(CO)cc2NC(=O)CNC(=O)C2CCC(CN3C(=O)C=CC3=O)CC2)cnc1[N+](=O)[O-]. The minimum absolute atomic E-state index is 0.0608. The number of benzene rings is 1. The van der Waals surface area contributed by atoms with Gasteiger partial charge in [0.15, 0.2) is 5.69 Å². The predicted molar refractivity (Wildman–Crippen MR) is 140 cm³/mol. The van der Waals surface area contributed by atoms with Crippen LogP contribution in [-0.2, 0) is 39.4 Å². The summed E-state index contributed by atoms with van der Waals surface area (Å²) in [5.41, 5.74) is 1.23. The molecule has 1 aromatic heterocycles. The molecule has 4 amide bonds. The molecule has 14 nitrogen and oxygen atoms in total. The Morgan fingerprint density at radius 1 is 1.18 bits per heavy atom. The molecule has 0 atom stereocenters. The van der Waals surface area contributed by atoms with Crippen molar-refractivity contribution in [2.45, 2.75) is 38.9 Å². The number of carbonyl (C=O) groups excluding carboxylic acids is 4. The number of anilines is 1. The molecule has 1 aliphatic heterocycles. The van der Waals surface area contributed by atoms with Gasteiger partial charge in [-0.15, -0.1) is 0 Å². The molecule has 4 rings (SSSR count). The maximum atomic E-state index is 12.7. The maximum Gasteiger partial charge on any atom is 0.434 e. The average molecular weight is 555 g/mol. The molecule has 14 heteroatoms. The third-order valence-electron chi connectivity index (χ3n) is 7.08. The summed E-state index contributed by atoms with van der Waals surface area (Å²) in [5, 5.41) is 25.9. The van der Waals surface area contributed by atoms with Gasteiger partial charge in [0.2, 0.25) is 11.8 Å². The standard InChI is InChI=1S/C26H30N6O8/c1-30-19(11-28-26(30)32(38)39)15-40-21-7-4-17(14-33)10-20(21)29-22(34)12-27-25(37)18-5-2-16(3-6-18)13-31-23(35)8-9-24(31)36/h4,7-11,16,18,33H,2-3,5-6,12-15H2,1H3,(H,27,37)(H,29,34). The quantitative estimate of drug-likeness (QED) is 0.208. The van der Waals surface area contributed by atoms with E-state index < -0.39 is 10.8 Å². The van der Waals surface area contributed by atoms with E-state index in [1.807, 2.05) is 0 Å². The second-order valence-corrected chi connectivity index (χ2v) is 9.75. The van der Waals surface area contributed by atoms with E-state index in [1.165, 1.54) is 40.9 Å². The number of nitro groups is 1. The van der Waals surface area contributed by atoms with Crippen molar-refractivity contribution in [3.05, 3.63) is 57.9 Å². The van der Waals surface area contributed by atoms with Crippen LogP contribution in [0.1, 0.15) is 36.9 Å². The minimum atomic E-state index is -0.609. The maximum absolute atomic E-state index is 12.7. The number of imide groups is 1. The highest BCUT2D eigenvalue weighted by Gasteiger charge is 2.31. The molecular formula is C26H30N6O8. The zero-order chi connectivity index (χ0) is 28.8. The summed E-state index contributed by atoms with van der Waals surface area (Å²) < 4.78 is 7.06. The number of hydrogen-bond acceptors (Lipinski definition) is 9. The van der Waals surface area contributed by atoms with Crippen molar-refractivity contribution >= 4 is 35.3 Å². The van der Waals surface area contributed by atoms with Crippen LogP contribution in [0.15, 0.2) is 36.5 Å². The van der Waals surface area contributed by atoms with E-state index in [2.05, 4.69) is 15.6 Å². The van der Waals surface area contributed by atoms with Gasteiger partial charge in [0.1, 0.15) is 18.6 Å². The monoisotopic (exact) mass is 554 g/mol. The molecule has 212 valence electrons. The number of aromatic nitrogens is 2. The third kappa shape index (κ3) is 6.69. The van der Waals surface area contributed by atoms with Crippen LogP contribution in [-0.4, -0.2) is 61.2 Å². The summed E-state index contributed by atoms with van der Waals surface area (Å²) in [4.78, 5) is 64.3. The van der Waals surface area contributed by atoms with Crippen LogP contribution in [0.3, 0.4) is 0 Å². The molecule has 0 saturated heterocycles. The second-order valence-electron chi connectivity index (χ2n) is 9.75. The zero-order valence-electron chi connectivity index (χ0n) is 21.9. The first-order chi connectivity index (χ1) is 19.2. The molecule has 1 aliphatic carbocycles. The van der Waals surface area contributed by atoms with Crippen LogP contribution in [0, 0.1) is 22.0 Å². The lowest BCUT2D eigenvalue weighted by atomic mass is 9.81. The van der Waals surface area contributed by atoms with E-state index in [9.17, 15) is 34.4 Å². The molecule has 0 unspecified atom stereocenters. The van der Waals surface area contributed by atoms with E-state index >= 15 is 0 Å². The van der Waals surface area contributed by atoms with Crippen LogP contribution in [0.2, 0.25) is 0 Å². The lowest BCUT2D eigenvalue weighted by molar-refractivity contribution is -0.396. The zero-order valence-corrected chi connectivity index (χ0v) is 21.9. The molecule has 2 heterocycles. The largest absolute Gasteiger partial charge is 0.484 e. The first-order valence-electron chi connectivity index (χ1n) is 12.8. The molecule has 1 aromatic carbocycles. The molecule has 3 N–H and O–H groups in total. The second kappa shape index (κ2) is 12.5. The number of hydrogen-bond donors (Lipinski definition) is 3. The Labute approximate surface area is 229 Å². The Kier molecular flexibility index (Phi) is 8.89. The normalized spacial score (nSPS) is 18.6. The van der Waals surface area contributed by atoms with Gasteiger partial charge < -0.3 is 30.6 Å². The molecule has 40 heavy (non-hydrogen) atoms. The molecule has 1 saturated carbocycles. The highest BCUT2D eigenvalue weighted by molar-refractivity contribution is 6.12. The lowest BCUT2D eigenvalue weighted by Crippen LogP contribution is -2.40. The van der Waals surface area contributed by atoms with Gasteiger partial charge in [-0.25, -0.2) is 4.57 Å². The molecule has 2 aromatic rings. The molecule has 0 bridgehead atoms. The van der Waals surface area contributed by atoms with Gasteiger partial charge in [0.05, 0.1) is 25.9 Å². The van der Waals surface area contributed by atoms with Crippen molar-refractivity contribution < 1.29 is 33.9 Å². The van der Waals surface area contributed by atoms with Crippen molar-refractivity contribution in [3.8, 4) is 5.75 Å². The van der Waals surface area contributed by atoms with Gasteiger partial charge >= 0.3 is 5.95 Å². The molecular weight excluding hydrogens is 524 g/mol. The fraction of sp³-hybridized carbons (Fsp3) is 0.423. The number of aliphatic hydroxyl groups excluding tert-OH is 1. The van der Waals surface area contributed by atoms with Gasteiger partial charge in [-0.05, 0) is 54.2 Å².